The van der Waals surface area contributed by atoms with Crippen LogP contribution in [0, 0.1) is 17.0 Å². The molecule has 0 bridgehead atoms. The number of non-ortho nitro benzene ring substituents is 1. The maximum absolute atomic E-state index is 12.7. The van der Waals surface area contributed by atoms with E-state index in [2.05, 4.69) is 34.5 Å². The van der Waals surface area contributed by atoms with Gasteiger partial charge in [0, 0.05) is 25.2 Å². The molecule has 0 aliphatic carbocycles. The highest BCUT2D eigenvalue weighted by Crippen LogP contribution is 2.32. The topological polar surface area (TPSA) is 75.5 Å². The molecule has 0 unspecified atom stereocenters. The van der Waals surface area contributed by atoms with Crippen molar-refractivity contribution >= 4 is 17.3 Å². The van der Waals surface area contributed by atoms with E-state index in [-0.39, 0.29) is 18.1 Å². The maximum Gasteiger partial charge on any atom is 0.271 e. The van der Waals surface area contributed by atoms with Crippen molar-refractivity contribution in [2.75, 3.05) is 11.9 Å². The van der Waals surface area contributed by atoms with Crippen molar-refractivity contribution in [1.29, 1.82) is 0 Å². The van der Waals surface area contributed by atoms with Crippen LogP contribution >= 0.6 is 0 Å². The number of nitro benzene ring substituents is 1. The summed E-state index contributed by atoms with van der Waals surface area (Å²) < 4.78 is 0. The lowest BCUT2D eigenvalue weighted by Gasteiger charge is -2.20. The van der Waals surface area contributed by atoms with E-state index < -0.39 is 4.92 Å². The number of aryl methyl sites for hydroxylation is 1. The zero-order valence-corrected chi connectivity index (χ0v) is 16.1. The fourth-order valence-corrected chi connectivity index (χ4v) is 3.74. The molecule has 6 nitrogen and oxygen atoms in total. The number of carbonyl (C=O) groups excluding carboxylic acids is 1. The number of amides is 1. The summed E-state index contributed by atoms with van der Waals surface area (Å²) in [6, 6.07) is 21.0. The zero-order chi connectivity index (χ0) is 20.4. The number of benzene rings is 3. The van der Waals surface area contributed by atoms with Gasteiger partial charge >= 0.3 is 0 Å². The molecular weight excluding hydrogens is 366 g/mol. The lowest BCUT2D eigenvalue weighted by molar-refractivity contribution is -0.384. The van der Waals surface area contributed by atoms with Crippen LogP contribution in [0.2, 0.25) is 0 Å². The lowest BCUT2D eigenvalue weighted by Crippen LogP contribution is -2.32. The molecule has 0 saturated heterocycles. The molecule has 1 aliphatic heterocycles. The number of rotatable bonds is 4. The van der Waals surface area contributed by atoms with Crippen LogP contribution in [0.15, 0.2) is 66.7 Å². The molecule has 6 heteroatoms. The molecule has 0 fully saturated rings. The van der Waals surface area contributed by atoms with Crippen LogP contribution in [-0.4, -0.2) is 22.3 Å². The van der Waals surface area contributed by atoms with Crippen LogP contribution in [-0.2, 0) is 17.9 Å². The minimum absolute atomic E-state index is 0.0384. The molecule has 0 aromatic heterocycles. The molecular formula is C23H21N3O3. The van der Waals surface area contributed by atoms with E-state index >= 15 is 0 Å². The summed E-state index contributed by atoms with van der Waals surface area (Å²) >= 11 is 0. The fourth-order valence-electron chi connectivity index (χ4n) is 3.74. The molecule has 4 rings (SSSR count). The molecule has 1 N–H and O–H groups in total. The Morgan fingerprint density at radius 1 is 1.00 bits per heavy atom. The number of nitrogens with one attached hydrogen (secondary N) is 1. The highest BCUT2D eigenvalue weighted by molar-refractivity contribution is 5.93. The normalized spacial score (nSPS) is 13.1. The number of hydrogen-bond donors (Lipinski definition) is 1. The lowest BCUT2D eigenvalue weighted by atomic mass is 9.97. The molecule has 1 heterocycles. The standard InChI is InChI=1S/C23H21N3O3/c1-16-10-11-19(26(28)29)12-22(16)24-23(27)15-25-13-17-6-2-4-8-20(17)21-9-5-3-7-18(21)14-25/h2-12H,13-15H2,1H3,(H,24,27). The van der Waals surface area contributed by atoms with Gasteiger partial charge in [-0.1, -0.05) is 54.6 Å². The second kappa shape index (κ2) is 7.85. The predicted octanol–water partition coefficient (Wildman–Crippen LogP) is 4.52. The molecule has 3 aromatic carbocycles. The Bertz CT molecular complexity index is 1050. The summed E-state index contributed by atoms with van der Waals surface area (Å²) in [5, 5.41) is 13.9. The van der Waals surface area contributed by atoms with Gasteiger partial charge in [0.2, 0.25) is 5.91 Å². The van der Waals surface area contributed by atoms with E-state index in [4.69, 9.17) is 0 Å². The molecule has 1 aliphatic rings. The molecule has 0 radical (unpaired) electrons. The smallest absolute Gasteiger partial charge is 0.271 e. The number of nitrogens with zero attached hydrogens (tertiary/aromatic N) is 2. The summed E-state index contributed by atoms with van der Waals surface area (Å²) in [6.45, 7) is 3.33. The van der Waals surface area contributed by atoms with Gasteiger partial charge < -0.3 is 5.32 Å². The number of nitro groups is 1. The van der Waals surface area contributed by atoms with Crippen LogP contribution in [0.1, 0.15) is 16.7 Å². The van der Waals surface area contributed by atoms with Gasteiger partial charge in [-0.25, -0.2) is 0 Å². The first-order valence-electron chi connectivity index (χ1n) is 9.44. The zero-order valence-electron chi connectivity index (χ0n) is 16.1. The van der Waals surface area contributed by atoms with Gasteiger partial charge in [0.1, 0.15) is 0 Å². The SMILES string of the molecule is Cc1ccc([N+](=O)[O-])cc1NC(=O)CN1Cc2ccccc2-c2ccccc2C1. The Hall–Kier alpha value is -3.51. The van der Waals surface area contributed by atoms with Crippen molar-refractivity contribution in [1.82, 2.24) is 4.90 Å². The second-order valence-electron chi connectivity index (χ2n) is 7.26. The van der Waals surface area contributed by atoms with E-state index in [1.807, 2.05) is 31.2 Å². The molecule has 0 atom stereocenters. The summed E-state index contributed by atoms with van der Waals surface area (Å²) in [4.78, 5) is 25.4. The third kappa shape index (κ3) is 4.02. The third-order valence-electron chi connectivity index (χ3n) is 5.19. The summed E-state index contributed by atoms with van der Waals surface area (Å²) in [5.41, 5.74) is 5.97. The van der Waals surface area contributed by atoms with Crippen molar-refractivity contribution in [3.05, 3.63) is 93.5 Å². The number of fused-ring (bicyclic) bond motifs is 3. The van der Waals surface area contributed by atoms with Gasteiger partial charge in [-0.2, -0.15) is 0 Å². The predicted molar refractivity (Wildman–Crippen MR) is 112 cm³/mol. The maximum atomic E-state index is 12.7. The Balaban J connectivity index is 1.55. The van der Waals surface area contributed by atoms with Crippen molar-refractivity contribution in [2.24, 2.45) is 0 Å². The van der Waals surface area contributed by atoms with Crippen LogP contribution in [0.5, 0.6) is 0 Å². The molecule has 29 heavy (non-hydrogen) atoms. The third-order valence-corrected chi connectivity index (χ3v) is 5.19. The largest absolute Gasteiger partial charge is 0.324 e. The van der Waals surface area contributed by atoms with Crippen molar-refractivity contribution < 1.29 is 9.72 Å². The van der Waals surface area contributed by atoms with Crippen LogP contribution in [0.3, 0.4) is 0 Å². The van der Waals surface area contributed by atoms with Crippen molar-refractivity contribution in [3.63, 3.8) is 0 Å². The van der Waals surface area contributed by atoms with Gasteiger partial charge in [0.15, 0.2) is 0 Å². The van der Waals surface area contributed by atoms with E-state index in [1.54, 1.807) is 6.07 Å². The first-order valence-corrected chi connectivity index (χ1v) is 9.44. The average molecular weight is 387 g/mol. The Morgan fingerprint density at radius 3 is 2.17 bits per heavy atom. The van der Waals surface area contributed by atoms with E-state index in [1.165, 1.54) is 34.4 Å². The Labute approximate surface area is 168 Å². The van der Waals surface area contributed by atoms with Gasteiger partial charge in [0.25, 0.3) is 5.69 Å². The van der Waals surface area contributed by atoms with Crippen LogP contribution in [0.25, 0.3) is 11.1 Å². The van der Waals surface area contributed by atoms with E-state index in [0.29, 0.717) is 18.8 Å². The van der Waals surface area contributed by atoms with Crippen molar-refractivity contribution in [3.8, 4) is 11.1 Å². The van der Waals surface area contributed by atoms with E-state index in [0.717, 1.165) is 5.56 Å². The number of carbonyl (C=O) groups is 1. The first kappa shape index (κ1) is 18.8. The van der Waals surface area contributed by atoms with Gasteiger partial charge in [-0.3, -0.25) is 19.8 Å². The van der Waals surface area contributed by atoms with Gasteiger partial charge in [0.05, 0.1) is 17.2 Å². The van der Waals surface area contributed by atoms with Crippen LogP contribution in [0.4, 0.5) is 11.4 Å². The highest BCUT2D eigenvalue weighted by atomic mass is 16.6. The van der Waals surface area contributed by atoms with Crippen LogP contribution < -0.4 is 5.32 Å². The molecule has 0 saturated carbocycles. The highest BCUT2D eigenvalue weighted by Gasteiger charge is 2.21. The van der Waals surface area contributed by atoms with E-state index in [9.17, 15) is 14.9 Å². The van der Waals surface area contributed by atoms with Crippen molar-refractivity contribution in [2.45, 2.75) is 20.0 Å². The van der Waals surface area contributed by atoms with Gasteiger partial charge in [-0.15, -0.1) is 0 Å². The summed E-state index contributed by atoms with van der Waals surface area (Å²) in [7, 11) is 0. The first-order chi connectivity index (χ1) is 14.0. The molecule has 3 aromatic rings. The van der Waals surface area contributed by atoms with Gasteiger partial charge in [-0.05, 0) is 34.7 Å². The quantitative estimate of drug-likeness (QED) is 0.527. The molecule has 1 amide bonds. The Morgan fingerprint density at radius 2 is 1.59 bits per heavy atom. The summed E-state index contributed by atoms with van der Waals surface area (Å²) in [6.07, 6.45) is 0. The monoisotopic (exact) mass is 387 g/mol. The fraction of sp³-hybridized carbons (Fsp3) is 0.174. The second-order valence-corrected chi connectivity index (χ2v) is 7.26. The minimum atomic E-state index is -0.461. The number of hydrogen-bond acceptors (Lipinski definition) is 4. The number of anilines is 1. The summed E-state index contributed by atoms with van der Waals surface area (Å²) in [5.74, 6) is -0.189. The average Bonchev–Trinajstić information content (AvgIpc) is 2.85. The Kier molecular flexibility index (Phi) is 5.10. The molecule has 146 valence electrons. The molecule has 0 spiro atoms. The minimum Gasteiger partial charge on any atom is -0.324 e.